The fourth-order valence-electron chi connectivity index (χ4n) is 18.9. The Labute approximate surface area is 651 Å². The highest BCUT2D eigenvalue weighted by Gasteiger charge is 2.45. The van der Waals surface area contributed by atoms with E-state index in [-0.39, 0.29) is 0 Å². The van der Waals surface area contributed by atoms with Gasteiger partial charge in [0.05, 0.1) is 0 Å². The summed E-state index contributed by atoms with van der Waals surface area (Å²) < 4.78 is 0. The van der Waals surface area contributed by atoms with Gasteiger partial charge in [-0.3, -0.25) is 0 Å². The quantitative estimate of drug-likeness (QED) is 0.227. The molecule has 0 radical (unpaired) electrons. The first kappa shape index (κ1) is 100. The highest BCUT2D eigenvalue weighted by molar-refractivity contribution is 4.97. The molecule has 0 aromatic heterocycles. The van der Waals surface area contributed by atoms with Crippen LogP contribution >= 0.6 is 0 Å². The Morgan fingerprint density at radius 2 is 0.216 bits per heavy atom. The van der Waals surface area contributed by atoms with Crippen LogP contribution in [0.2, 0.25) is 0 Å². The molecule has 16 saturated carbocycles. The molecular formula is C102H204. The van der Waals surface area contributed by atoms with E-state index in [0.717, 1.165) is 91.7 Å². The van der Waals surface area contributed by atoms with Crippen LogP contribution in [0.15, 0.2) is 0 Å². The molecule has 16 aliphatic rings. The molecule has 0 amide bonds. The van der Waals surface area contributed by atoms with Gasteiger partial charge in [0.2, 0.25) is 0 Å². The van der Waals surface area contributed by atoms with Crippen LogP contribution in [-0.4, -0.2) is 0 Å². The van der Waals surface area contributed by atoms with Crippen molar-refractivity contribution in [2.75, 3.05) is 0 Å². The molecule has 0 saturated heterocycles. The SMILES string of the molecule is C1CCC2(CC1)CC2.C1CCC2(CC1)CC2.C1CCC2(CC1)CC2.C1CCC2(CC1)CCC2.C1CCC2(CC1)CCC2.C1CCC2(CC1)CCC2.C1CCC2CCCC2C1.C1CCC2CCCCC2C1.CC(C)C.CC(C)C.CC(C)C.CC(C)C.CC(C)C.CC(C)C.CC(C)C.CC(C)C. The van der Waals surface area contributed by atoms with Gasteiger partial charge in [-0.1, -0.05) is 397 Å². The lowest BCUT2D eigenvalue weighted by atomic mass is 9.61. The van der Waals surface area contributed by atoms with Gasteiger partial charge < -0.3 is 0 Å². The third kappa shape index (κ3) is 54.6. The van der Waals surface area contributed by atoms with Crippen LogP contribution in [0, 0.1) is 104 Å². The number of fused-ring (bicyclic) bond motifs is 2. The molecule has 0 aromatic rings. The van der Waals surface area contributed by atoms with E-state index in [0.29, 0.717) is 0 Å². The molecule has 0 heterocycles. The molecule has 0 N–H and O–H groups in total. The van der Waals surface area contributed by atoms with E-state index in [9.17, 15) is 0 Å². The fraction of sp³-hybridized carbons (Fsp3) is 1.00. The van der Waals surface area contributed by atoms with Gasteiger partial charge in [0, 0.05) is 0 Å². The maximum absolute atomic E-state index is 2.17. The van der Waals surface area contributed by atoms with Crippen LogP contribution in [0.1, 0.15) is 551 Å². The second-order valence-corrected chi connectivity index (χ2v) is 44.1. The Morgan fingerprint density at radius 3 is 0.304 bits per heavy atom. The summed E-state index contributed by atoms with van der Waals surface area (Å²) in [7, 11) is 0. The molecule has 0 aromatic carbocycles. The summed E-state index contributed by atoms with van der Waals surface area (Å²) >= 11 is 0. The number of hydrogen-bond acceptors (Lipinski definition) is 0. The summed E-state index contributed by atoms with van der Waals surface area (Å²) in [6, 6.07) is 0. The zero-order chi connectivity index (χ0) is 76.4. The predicted molar refractivity (Wildman–Crippen MR) is 470 cm³/mol. The van der Waals surface area contributed by atoms with E-state index >= 15 is 0 Å². The highest BCUT2D eigenvalue weighted by atomic mass is 14.5. The summed E-state index contributed by atoms with van der Waals surface area (Å²) in [4.78, 5) is 0. The monoisotopic (exact) mass is 1430 g/mol. The van der Waals surface area contributed by atoms with E-state index in [1.54, 1.807) is 205 Å². The third-order valence-electron chi connectivity index (χ3n) is 25.3. The molecule has 6 spiro atoms. The number of rotatable bonds is 0. The molecular weight excluding hydrogens is 1230 g/mol. The fourth-order valence-corrected chi connectivity index (χ4v) is 18.9. The van der Waals surface area contributed by atoms with Crippen LogP contribution in [-0.2, 0) is 0 Å². The van der Waals surface area contributed by atoms with E-state index in [4.69, 9.17) is 0 Å². The molecule has 16 aliphatic carbocycles. The lowest BCUT2D eigenvalue weighted by Crippen LogP contribution is -2.31. The molecule has 16 fully saturated rings. The van der Waals surface area contributed by atoms with Crippen molar-refractivity contribution in [1.29, 1.82) is 0 Å². The van der Waals surface area contributed by atoms with Gasteiger partial charge in [-0.2, -0.15) is 0 Å². The van der Waals surface area contributed by atoms with Gasteiger partial charge in [-0.05, 0) is 258 Å². The smallest absolute Gasteiger partial charge is 0.0297 e. The second-order valence-electron chi connectivity index (χ2n) is 44.1. The molecule has 102 heavy (non-hydrogen) atoms. The summed E-state index contributed by atoms with van der Waals surface area (Å²) in [6.07, 6.45) is 92.7. The molecule has 0 aliphatic heterocycles. The Balaban J connectivity index is 0.000000552. The van der Waals surface area contributed by atoms with Gasteiger partial charge in [-0.25, -0.2) is 0 Å². The zero-order valence-corrected chi connectivity index (χ0v) is 76.4. The standard InChI is InChI=1S/C10H18.4C9H16.3C8H14.8C4H10/c1-2-6-10-8-4-3-7-9(10)5-1;1-2-5-9-7-3-6-8(9)4-1;3*1-2-5-9(6-3-1)7-4-8-9;3*1-2-4-8(5-3-1)6-7-8;8*1-4(2)3/h9-10H,1-8H2;8-9H,1-7H2;3*1-8H2;3*1-7H2;8*4H,1-3H3. The first-order chi connectivity index (χ1) is 48.3. The van der Waals surface area contributed by atoms with E-state index in [1.807, 2.05) is 0 Å². The minimum absolute atomic E-state index is 0.833. The van der Waals surface area contributed by atoms with Gasteiger partial charge in [0.25, 0.3) is 0 Å². The predicted octanol–water partition coefficient (Wildman–Crippen LogP) is 37.2. The molecule has 16 rings (SSSR count). The van der Waals surface area contributed by atoms with Gasteiger partial charge in [0.15, 0.2) is 0 Å². The highest BCUT2D eigenvalue weighted by Crippen LogP contribution is 2.58. The topological polar surface area (TPSA) is 0 Å². The van der Waals surface area contributed by atoms with Crippen LogP contribution < -0.4 is 0 Å². The van der Waals surface area contributed by atoms with Crippen molar-refractivity contribution < 1.29 is 0 Å². The van der Waals surface area contributed by atoms with E-state index in [2.05, 4.69) is 166 Å². The van der Waals surface area contributed by atoms with Crippen molar-refractivity contribution in [3.63, 3.8) is 0 Å². The van der Waals surface area contributed by atoms with Crippen molar-refractivity contribution in [2.24, 2.45) is 104 Å². The molecule has 0 bridgehead atoms. The minimum Gasteiger partial charge on any atom is -0.0630 e. The van der Waals surface area contributed by atoms with Gasteiger partial charge in [0.1, 0.15) is 0 Å². The lowest BCUT2D eigenvalue weighted by Gasteiger charge is -2.45. The first-order valence-electron chi connectivity index (χ1n) is 48.3. The molecule has 0 heteroatoms. The molecule has 2 unspecified atom stereocenters. The Morgan fingerprint density at radius 1 is 0.118 bits per heavy atom. The average Bonchev–Trinajstić information content (AvgIpc) is 1.45. The first-order valence-corrected chi connectivity index (χ1v) is 48.3. The van der Waals surface area contributed by atoms with E-state index in [1.165, 1.54) is 192 Å². The van der Waals surface area contributed by atoms with Crippen LogP contribution in [0.4, 0.5) is 0 Å². The van der Waals surface area contributed by atoms with Crippen LogP contribution in [0.5, 0.6) is 0 Å². The summed E-state index contributed by atoms with van der Waals surface area (Å²) in [5, 5.41) is 0. The normalized spacial score (nSPS) is 26.8. The van der Waals surface area contributed by atoms with Crippen molar-refractivity contribution in [2.45, 2.75) is 551 Å². The second kappa shape index (κ2) is 58.0. The summed E-state index contributed by atoms with van der Waals surface area (Å²) in [5.74, 6) is 11.3. The van der Waals surface area contributed by atoms with Gasteiger partial charge >= 0.3 is 0 Å². The van der Waals surface area contributed by atoms with Crippen LogP contribution in [0.3, 0.4) is 0 Å². The van der Waals surface area contributed by atoms with Crippen molar-refractivity contribution >= 4 is 0 Å². The molecule has 612 valence electrons. The maximum Gasteiger partial charge on any atom is -0.0297 e. The minimum atomic E-state index is 0.833. The number of hydrogen-bond donors (Lipinski definition) is 0. The summed E-state index contributed by atoms with van der Waals surface area (Å²) in [6.45, 7) is 52.0. The van der Waals surface area contributed by atoms with Crippen molar-refractivity contribution in [1.82, 2.24) is 0 Å². The largest absolute Gasteiger partial charge is 0.0630 e. The summed E-state index contributed by atoms with van der Waals surface area (Å²) in [5.41, 5.74) is 5.49. The van der Waals surface area contributed by atoms with E-state index < -0.39 is 0 Å². The molecule has 2 atom stereocenters. The Bertz CT molecular complexity index is 1500. The van der Waals surface area contributed by atoms with Crippen molar-refractivity contribution in [3.8, 4) is 0 Å². The zero-order valence-electron chi connectivity index (χ0n) is 76.4. The maximum atomic E-state index is 2.17. The lowest BCUT2D eigenvalue weighted by molar-refractivity contribution is 0.0774. The average molecular weight is 1430 g/mol. The van der Waals surface area contributed by atoms with Crippen molar-refractivity contribution in [3.05, 3.63) is 0 Å². The third-order valence-corrected chi connectivity index (χ3v) is 25.3. The molecule has 0 nitrogen and oxygen atoms in total. The Kier molecular flexibility index (Phi) is 56.8. The van der Waals surface area contributed by atoms with Gasteiger partial charge in [-0.15, -0.1) is 0 Å². The Hall–Kier alpha value is 0. The van der Waals surface area contributed by atoms with Crippen LogP contribution in [0.25, 0.3) is 0 Å².